The zero-order valence-electron chi connectivity index (χ0n) is 10.2. The summed E-state index contributed by atoms with van der Waals surface area (Å²) in [6.45, 7) is 4.59. The van der Waals surface area contributed by atoms with Crippen LogP contribution in [0.3, 0.4) is 0 Å². The van der Waals surface area contributed by atoms with Crippen LogP contribution in [0.5, 0.6) is 5.75 Å². The molecule has 17 heavy (non-hydrogen) atoms. The molecule has 4 heteroatoms. The van der Waals surface area contributed by atoms with Gasteiger partial charge in [0, 0.05) is 17.4 Å². The van der Waals surface area contributed by atoms with E-state index in [2.05, 4.69) is 28.2 Å². The minimum Gasteiger partial charge on any atom is -0.508 e. The number of amides is 1. The number of halogens is 1. The molecule has 0 spiro atoms. The molecule has 0 bridgehead atoms. The van der Waals surface area contributed by atoms with E-state index in [4.69, 9.17) is 0 Å². The van der Waals surface area contributed by atoms with Gasteiger partial charge < -0.3 is 10.4 Å². The van der Waals surface area contributed by atoms with Crippen molar-refractivity contribution >= 4 is 21.8 Å². The number of nitrogens with one attached hydrogen (secondary N) is 1. The van der Waals surface area contributed by atoms with Gasteiger partial charge in [-0.3, -0.25) is 4.79 Å². The van der Waals surface area contributed by atoms with E-state index >= 15 is 0 Å². The zero-order valence-corrected chi connectivity index (χ0v) is 11.8. The van der Waals surface area contributed by atoms with Crippen LogP contribution < -0.4 is 5.32 Å². The number of hydrogen-bond acceptors (Lipinski definition) is 2. The molecule has 3 nitrogen and oxygen atoms in total. The highest BCUT2D eigenvalue weighted by atomic mass is 79.9. The summed E-state index contributed by atoms with van der Waals surface area (Å²) in [7, 11) is 0. The molecule has 0 saturated heterocycles. The van der Waals surface area contributed by atoms with Crippen LogP contribution >= 0.6 is 15.9 Å². The Kier molecular flexibility index (Phi) is 5.48. The normalized spacial score (nSPS) is 12.2. The average molecular weight is 300 g/mol. The zero-order chi connectivity index (χ0) is 12.8. The molecule has 1 aromatic carbocycles. The standard InChI is InChI=1S/C13H18BrNO2/c1-9(5-6-14)8-15-13(17)12-4-3-11(16)7-10(12)2/h3-4,7,9,16H,5-6,8H2,1-2H3,(H,15,17). The molecule has 2 N–H and O–H groups in total. The van der Waals surface area contributed by atoms with Crippen LogP contribution in [0.1, 0.15) is 29.3 Å². The van der Waals surface area contributed by atoms with Crippen molar-refractivity contribution in [3.8, 4) is 5.75 Å². The van der Waals surface area contributed by atoms with E-state index in [1.807, 2.05) is 6.92 Å². The predicted molar refractivity (Wildman–Crippen MR) is 72.8 cm³/mol. The molecule has 1 aromatic rings. The highest BCUT2D eigenvalue weighted by molar-refractivity contribution is 9.09. The molecule has 0 aliphatic heterocycles. The summed E-state index contributed by atoms with van der Waals surface area (Å²) in [5.74, 6) is 0.561. The Labute approximate surface area is 110 Å². The molecule has 0 saturated carbocycles. The molecular formula is C13H18BrNO2. The van der Waals surface area contributed by atoms with Gasteiger partial charge in [0.15, 0.2) is 0 Å². The lowest BCUT2D eigenvalue weighted by atomic mass is 10.1. The molecule has 0 radical (unpaired) electrons. The number of carbonyl (C=O) groups excluding carboxylic acids is 1. The third-order valence-corrected chi connectivity index (χ3v) is 3.13. The molecule has 0 aromatic heterocycles. The first-order chi connectivity index (χ1) is 8.04. The summed E-state index contributed by atoms with van der Waals surface area (Å²) in [4.78, 5) is 11.9. The largest absolute Gasteiger partial charge is 0.508 e. The van der Waals surface area contributed by atoms with Gasteiger partial charge in [0.25, 0.3) is 5.91 Å². The van der Waals surface area contributed by atoms with Gasteiger partial charge in [-0.05, 0) is 43.0 Å². The quantitative estimate of drug-likeness (QED) is 0.822. The van der Waals surface area contributed by atoms with Gasteiger partial charge in [-0.2, -0.15) is 0 Å². The van der Waals surface area contributed by atoms with Crippen molar-refractivity contribution in [1.29, 1.82) is 0 Å². The average Bonchev–Trinajstić information content (AvgIpc) is 2.26. The van der Waals surface area contributed by atoms with Crippen molar-refractivity contribution < 1.29 is 9.90 Å². The number of carbonyl (C=O) groups is 1. The lowest BCUT2D eigenvalue weighted by Crippen LogP contribution is -2.28. The fraction of sp³-hybridized carbons (Fsp3) is 0.462. The third-order valence-electron chi connectivity index (χ3n) is 2.67. The predicted octanol–water partition coefficient (Wildman–Crippen LogP) is 2.85. The van der Waals surface area contributed by atoms with Crippen molar-refractivity contribution in [3.05, 3.63) is 29.3 Å². The molecule has 1 amide bonds. The first kappa shape index (κ1) is 14.0. The minimum atomic E-state index is -0.0797. The molecule has 0 aliphatic carbocycles. The van der Waals surface area contributed by atoms with E-state index in [0.29, 0.717) is 18.0 Å². The Morgan fingerprint density at radius 3 is 2.82 bits per heavy atom. The first-order valence-corrected chi connectivity index (χ1v) is 6.80. The SMILES string of the molecule is Cc1cc(O)ccc1C(=O)NCC(C)CCBr. The maximum Gasteiger partial charge on any atom is 0.251 e. The smallest absolute Gasteiger partial charge is 0.251 e. The number of aromatic hydroxyl groups is 1. The summed E-state index contributed by atoms with van der Waals surface area (Å²) < 4.78 is 0. The lowest BCUT2D eigenvalue weighted by Gasteiger charge is -2.12. The minimum absolute atomic E-state index is 0.0797. The molecule has 0 aliphatic rings. The molecule has 0 fully saturated rings. The Morgan fingerprint density at radius 2 is 2.24 bits per heavy atom. The van der Waals surface area contributed by atoms with Crippen LogP contribution in [0.4, 0.5) is 0 Å². The Bertz CT molecular complexity index is 393. The number of benzene rings is 1. The maximum atomic E-state index is 11.9. The van der Waals surface area contributed by atoms with Crippen LogP contribution in [0.2, 0.25) is 0 Å². The molecule has 0 heterocycles. The van der Waals surface area contributed by atoms with Crippen LogP contribution in [-0.2, 0) is 0 Å². The number of alkyl halides is 1. The van der Waals surface area contributed by atoms with Crippen molar-refractivity contribution in [3.63, 3.8) is 0 Å². The van der Waals surface area contributed by atoms with Crippen LogP contribution in [0, 0.1) is 12.8 Å². The summed E-state index contributed by atoms with van der Waals surface area (Å²) in [5.41, 5.74) is 1.41. The second-order valence-electron chi connectivity index (χ2n) is 4.29. The van der Waals surface area contributed by atoms with Gasteiger partial charge in [-0.25, -0.2) is 0 Å². The monoisotopic (exact) mass is 299 g/mol. The van der Waals surface area contributed by atoms with E-state index in [-0.39, 0.29) is 11.7 Å². The number of aryl methyl sites for hydroxylation is 1. The number of hydrogen-bond donors (Lipinski definition) is 2. The number of phenolic OH excluding ortho intramolecular Hbond substituents is 1. The molecule has 1 unspecified atom stereocenters. The van der Waals surface area contributed by atoms with Gasteiger partial charge >= 0.3 is 0 Å². The van der Waals surface area contributed by atoms with Crippen molar-refractivity contribution in [2.75, 3.05) is 11.9 Å². The van der Waals surface area contributed by atoms with Gasteiger partial charge in [-0.1, -0.05) is 22.9 Å². The maximum absolute atomic E-state index is 11.9. The second-order valence-corrected chi connectivity index (χ2v) is 5.09. The molecule has 94 valence electrons. The van der Waals surface area contributed by atoms with E-state index < -0.39 is 0 Å². The van der Waals surface area contributed by atoms with Gasteiger partial charge in [0.1, 0.15) is 5.75 Å². The molecule has 1 atom stereocenters. The van der Waals surface area contributed by atoms with Crippen molar-refractivity contribution in [2.45, 2.75) is 20.3 Å². The summed E-state index contributed by atoms with van der Waals surface area (Å²) in [6.07, 6.45) is 1.04. The highest BCUT2D eigenvalue weighted by Crippen LogP contribution is 2.15. The Morgan fingerprint density at radius 1 is 1.53 bits per heavy atom. The lowest BCUT2D eigenvalue weighted by molar-refractivity contribution is 0.0947. The molecular weight excluding hydrogens is 282 g/mol. The van der Waals surface area contributed by atoms with Gasteiger partial charge in [-0.15, -0.1) is 0 Å². The van der Waals surface area contributed by atoms with Gasteiger partial charge in [0.05, 0.1) is 0 Å². The summed E-state index contributed by atoms with van der Waals surface area (Å²) >= 11 is 3.38. The fourth-order valence-electron chi connectivity index (χ4n) is 1.55. The number of rotatable bonds is 5. The third kappa shape index (κ3) is 4.38. The van der Waals surface area contributed by atoms with Crippen LogP contribution in [0.25, 0.3) is 0 Å². The summed E-state index contributed by atoms with van der Waals surface area (Å²) in [6, 6.07) is 4.77. The van der Waals surface area contributed by atoms with E-state index in [0.717, 1.165) is 17.3 Å². The second kappa shape index (κ2) is 6.64. The fourth-order valence-corrected chi connectivity index (χ4v) is 2.33. The van der Waals surface area contributed by atoms with Gasteiger partial charge in [0.2, 0.25) is 0 Å². The Balaban J connectivity index is 2.58. The Hall–Kier alpha value is -1.03. The topological polar surface area (TPSA) is 49.3 Å². The van der Waals surface area contributed by atoms with E-state index in [1.54, 1.807) is 12.1 Å². The number of phenols is 1. The first-order valence-electron chi connectivity index (χ1n) is 5.68. The molecule has 1 rings (SSSR count). The van der Waals surface area contributed by atoms with E-state index in [9.17, 15) is 9.90 Å². The van der Waals surface area contributed by atoms with Crippen molar-refractivity contribution in [2.24, 2.45) is 5.92 Å². The van der Waals surface area contributed by atoms with Crippen molar-refractivity contribution in [1.82, 2.24) is 5.32 Å². The summed E-state index contributed by atoms with van der Waals surface area (Å²) in [5, 5.41) is 13.1. The van der Waals surface area contributed by atoms with Crippen LogP contribution in [0.15, 0.2) is 18.2 Å². The van der Waals surface area contributed by atoms with E-state index in [1.165, 1.54) is 6.07 Å². The van der Waals surface area contributed by atoms with Crippen LogP contribution in [-0.4, -0.2) is 22.9 Å². The highest BCUT2D eigenvalue weighted by Gasteiger charge is 2.10.